The van der Waals surface area contributed by atoms with Gasteiger partial charge in [-0.15, -0.1) is 0 Å². The average Bonchev–Trinajstić information content (AvgIpc) is 3.00. The first kappa shape index (κ1) is 14.3. The van der Waals surface area contributed by atoms with E-state index in [9.17, 15) is 4.79 Å². The molecular weight excluding hydrogens is 254 g/mol. The van der Waals surface area contributed by atoms with Gasteiger partial charge in [0, 0.05) is 19.7 Å². The highest BCUT2D eigenvalue weighted by Crippen LogP contribution is 2.21. The van der Waals surface area contributed by atoms with Gasteiger partial charge in [-0.1, -0.05) is 12.1 Å². The van der Waals surface area contributed by atoms with Crippen LogP contribution in [0.1, 0.15) is 34.6 Å². The average molecular weight is 273 g/mol. The summed E-state index contributed by atoms with van der Waals surface area (Å²) < 4.78 is 10.4. The quantitative estimate of drug-likeness (QED) is 0.839. The summed E-state index contributed by atoms with van der Waals surface area (Å²) in [5, 5.41) is 0. The molecule has 0 bridgehead atoms. The van der Waals surface area contributed by atoms with Crippen LogP contribution in [0.4, 0.5) is 0 Å². The lowest BCUT2D eigenvalue weighted by Crippen LogP contribution is -2.29. The zero-order valence-corrected chi connectivity index (χ0v) is 12.0. The van der Waals surface area contributed by atoms with Crippen molar-refractivity contribution in [2.45, 2.75) is 19.6 Å². The van der Waals surface area contributed by atoms with Crippen molar-refractivity contribution in [3.8, 4) is 0 Å². The number of furan rings is 1. The first-order chi connectivity index (χ1) is 9.63. The summed E-state index contributed by atoms with van der Waals surface area (Å²) in [6, 6.07) is 11.1. The second kappa shape index (κ2) is 6.39. The Morgan fingerprint density at radius 1 is 1.35 bits per heavy atom. The molecule has 0 aliphatic rings. The fraction of sp³-hybridized carbons (Fsp3) is 0.312. The van der Waals surface area contributed by atoms with E-state index in [1.54, 1.807) is 25.3 Å². The number of carbonyl (C=O) groups excluding carboxylic acids is 1. The van der Waals surface area contributed by atoms with Crippen molar-refractivity contribution in [3.05, 3.63) is 59.5 Å². The van der Waals surface area contributed by atoms with E-state index in [1.807, 2.05) is 43.3 Å². The zero-order chi connectivity index (χ0) is 14.5. The Bertz CT molecular complexity index is 563. The molecule has 20 heavy (non-hydrogen) atoms. The minimum absolute atomic E-state index is 0.0353. The Morgan fingerprint density at radius 2 is 2.15 bits per heavy atom. The summed E-state index contributed by atoms with van der Waals surface area (Å²) in [7, 11) is 3.41. The molecule has 1 aromatic carbocycles. The minimum Gasteiger partial charge on any atom is -0.467 e. The lowest BCUT2D eigenvalue weighted by atomic mass is 10.1. The highest BCUT2D eigenvalue weighted by molar-refractivity contribution is 5.94. The summed E-state index contributed by atoms with van der Waals surface area (Å²) in [6.07, 6.45) is 1.61. The Kier molecular flexibility index (Phi) is 4.58. The van der Waals surface area contributed by atoms with Gasteiger partial charge in [0.15, 0.2) is 0 Å². The van der Waals surface area contributed by atoms with Crippen LogP contribution in [-0.4, -0.2) is 25.0 Å². The maximum absolute atomic E-state index is 12.5. The van der Waals surface area contributed by atoms with Crippen molar-refractivity contribution in [1.82, 2.24) is 4.90 Å². The first-order valence-corrected chi connectivity index (χ1v) is 6.52. The van der Waals surface area contributed by atoms with Gasteiger partial charge in [0.05, 0.1) is 18.9 Å². The molecule has 2 aromatic rings. The standard InChI is InChI=1S/C16H19NO3/c1-12(15-8-5-9-20-15)17(2)16(18)14-7-4-6-13(10-14)11-19-3/h4-10,12H,11H2,1-3H3/t12-/m1/s1. The molecule has 0 unspecified atom stereocenters. The van der Waals surface area contributed by atoms with Gasteiger partial charge >= 0.3 is 0 Å². The van der Waals surface area contributed by atoms with Crippen LogP contribution in [0.2, 0.25) is 0 Å². The van der Waals surface area contributed by atoms with Crippen molar-refractivity contribution in [3.63, 3.8) is 0 Å². The van der Waals surface area contributed by atoms with Gasteiger partial charge in [-0.25, -0.2) is 0 Å². The van der Waals surface area contributed by atoms with Crippen LogP contribution in [-0.2, 0) is 11.3 Å². The van der Waals surface area contributed by atoms with Gasteiger partial charge in [0.2, 0.25) is 0 Å². The largest absolute Gasteiger partial charge is 0.467 e. The third-order valence-corrected chi connectivity index (χ3v) is 3.34. The van der Waals surface area contributed by atoms with E-state index in [0.717, 1.165) is 11.3 Å². The van der Waals surface area contributed by atoms with E-state index in [2.05, 4.69) is 0 Å². The fourth-order valence-corrected chi connectivity index (χ4v) is 2.06. The van der Waals surface area contributed by atoms with E-state index in [4.69, 9.17) is 9.15 Å². The van der Waals surface area contributed by atoms with E-state index in [-0.39, 0.29) is 11.9 Å². The van der Waals surface area contributed by atoms with Crippen LogP contribution in [0.25, 0.3) is 0 Å². The Labute approximate surface area is 119 Å². The number of rotatable bonds is 5. The Balaban J connectivity index is 2.16. The van der Waals surface area contributed by atoms with Crippen LogP contribution in [0, 0.1) is 0 Å². The first-order valence-electron chi connectivity index (χ1n) is 6.52. The maximum Gasteiger partial charge on any atom is 0.254 e. The van der Waals surface area contributed by atoms with Crippen LogP contribution in [0.3, 0.4) is 0 Å². The van der Waals surface area contributed by atoms with Crippen LogP contribution >= 0.6 is 0 Å². The number of benzene rings is 1. The molecular formula is C16H19NO3. The zero-order valence-electron chi connectivity index (χ0n) is 12.0. The summed E-state index contributed by atoms with van der Waals surface area (Å²) in [5.41, 5.74) is 1.64. The van der Waals surface area contributed by atoms with Crippen molar-refractivity contribution in [2.75, 3.05) is 14.2 Å². The molecule has 0 radical (unpaired) electrons. The van der Waals surface area contributed by atoms with E-state index in [0.29, 0.717) is 12.2 Å². The topological polar surface area (TPSA) is 42.7 Å². The van der Waals surface area contributed by atoms with E-state index < -0.39 is 0 Å². The molecule has 0 saturated carbocycles. The highest BCUT2D eigenvalue weighted by Gasteiger charge is 2.20. The van der Waals surface area contributed by atoms with Crippen molar-refractivity contribution in [2.24, 2.45) is 0 Å². The second-order valence-corrected chi connectivity index (χ2v) is 4.74. The number of hydrogen-bond donors (Lipinski definition) is 0. The molecule has 2 rings (SSSR count). The fourth-order valence-electron chi connectivity index (χ4n) is 2.06. The van der Waals surface area contributed by atoms with Crippen LogP contribution in [0.15, 0.2) is 47.1 Å². The van der Waals surface area contributed by atoms with Gasteiger partial charge in [0.25, 0.3) is 5.91 Å². The number of nitrogens with zero attached hydrogens (tertiary/aromatic N) is 1. The normalized spacial score (nSPS) is 12.2. The molecule has 0 saturated heterocycles. The predicted molar refractivity (Wildman–Crippen MR) is 76.4 cm³/mol. The van der Waals surface area contributed by atoms with Gasteiger partial charge in [-0.05, 0) is 36.8 Å². The summed E-state index contributed by atoms with van der Waals surface area (Å²) in [5.74, 6) is 0.737. The van der Waals surface area contributed by atoms with Crippen LogP contribution in [0.5, 0.6) is 0 Å². The van der Waals surface area contributed by atoms with Crippen LogP contribution < -0.4 is 0 Å². The Hall–Kier alpha value is -2.07. The molecule has 1 aromatic heterocycles. The summed E-state index contributed by atoms with van der Waals surface area (Å²) >= 11 is 0. The van der Waals surface area contributed by atoms with Crippen molar-refractivity contribution >= 4 is 5.91 Å². The molecule has 1 amide bonds. The predicted octanol–water partition coefficient (Wildman–Crippen LogP) is 3.26. The lowest BCUT2D eigenvalue weighted by molar-refractivity contribution is 0.0726. The van der Waals surface area contributed by atoms with Gasteiger partial charge in [-0.3, -0.25) is 4.79 Å². The van der Waals surface area contributed by atoms with E-state index in [1.165, 1.54) is 0 Å². The molecule has 0 aliphatic heterocycles. The number of hydrogen-bond acceptors (Lipinski definition) is 3. The molecule has 4 nitrogen and oxygen atoms in total. The van der Waals surface area contributed by atoms with Gasteiger partial charge in [-0.2, -0.15) is 0 Å². The molecule has 0 N–H and O–H groups in total. The lowest BCUT2D eigenvalue weighted by Gasteiger charge is -2.23. The van der Waals surface area contributed by atoms with Gasteiger partial charge < -0.3 is 14.1 Å². The SMILES string of the molecule is COCc1cccc(C(=O)N(C)[C@H](C)c2ccco2)c1. The minimum atomic E-state index is -0.108. The third-order valence-electron chi connectivity index (χ3n) is 3.34. The highest BCUT2D eigenvalue weighted by atomic mass is 16.5. The molecule has 0 fully saturated rings. The summed E-state index contributed by atoms with van der Waals surface area (Å²) in [4.78, 5) is 14.2. The number of methoxy groups -OCH3 is 1. The molecule has 4 heteroatoms. The van der Waals surface area contributed by atoms with E-state index >= 15 is 0 Å². The van der Waals surface area contributed by atoms with Gasteiger partial charge in [0.1, 0.15) is 5.76 Å². The second-order valence-electron chi connectivity index (χ2n) is 4.74. The monoisotopic (exact) mass is 273 g/mol. The number of carbonyl (C=O) groups is 1. The number of amides is 1. The molecule has 0 aliphatic carbocycles. The van der Waals surface area contributed by atoms with Crippen molar-refractivity contribution in [1.29, 1.82) is 0 Å². The smallest absolute Gasteiger partial charge is 0.254 e. The Morgan fingerprint density at radius 3 is 2.80 bits per heavy atom. The van der Waals surface area contributed by atoms with Crippen molar-refractivity contribution < 1.29 is 13.9 Å². The molecule has 0 spiro atoms. The maximum atomic E-state index is 12.5. The third kappa shape index (κ3) is 3.08. The molecule has 1 heterocycles. The molecule has 1 atom stereocenters. The number of ether oxygens (including phenoxy) is 1. The summed E-state index contributed by atoms with van der Waals surface area (Å²) in [6.45, 7) is 2.44. The molecule has 106 valence electrons.